The van der Waals surface area contributed by atoms with Gasteiger partial charge in [-0.1, -0.05) is 40.2 Å². The van der Waals surface area contributed by atoms with Gasteiger partial charge in [0.05, 0.1) is 5.92 Å². The zero-order valence-electron chi connectivity index (χ0n) is 12.8. The van der Waals surface area contributed by atoms with Crippen LogP contribution in [0.25, 0.3) is 0 Å². The molecule has 2 aromatic rings. The minimum Gasteiger partial charge on any atom is -0.326 e. The molecule has 0 spiro atoms. The first-order valence-electron chi connectivity index (χ1n) is 7.47. The molecule has 3 rings (SSSR count). The molecule has 5 heteroatoms. The predicted molar refractivity (Wildman–Crippen MR) is 94.4 cm³/mol. The third-order valence-electron chi connectivity index (χ3n) is 3.99. The number of amides is 2. The number of nitrogens with one attached hydrogen (secondary N) is 1. The Hall–Kier alpha value is -2.14. The molecule has 0 unspecified atom stereocenters. The van der Waals surface area contributed by atoms with Crippen molar-refractivity contribution in [1.29, 1.82) is 0 Å². The minimum atomic E-state index is -0.332. The van der Waals surface area contributed by atoms with Crippen LogP contribution in [0.1, 0.15) is 12.0 Å². The summed E-state index contributed by atoms with van der Waals surface area (Å²) in [6.45, 7) is 2.39. The molecule has 0 aromatic heterocycles. The number of nitrogens with zero attached hydrogens (tertiary/aromatic N) is 1. The Balaban J connectivity index is 1.72. The van der Waals surface area contributed by atoms with Crippen molar-refractivity contribution in [3.63, 3.8) is 0 Å². The first-order valence-corrected chi connectivity index (χ1v) is 8.26. The molecule has 1 aliphatic rings. The fraction of sp³-hybridized carbons (Fsp3) is 0.222. The summed E-state index contributed by atoms with van der Waals surface area (Å²) in [4.78, 5) is 26.4. The van der Waals surface area contributed by atoms with Gasteiger partial charge in [0.1, 0.15) is 0 Å². The number of hydrogen-bond acceptors (Lipinski definition) is 2. The van der Waals surface area contributed by atoms with E-state index in [9.17, 15) is 9.59 Å². The van der Waals surface area contributed by atoms with E-state index < -0.39 is 0 Å². The Morgan fingerprint density at radius 1 is 1.22 bits per heavy atom. The second-order valence-corrected chi connectivity index (χ2v) is 6.61. The van der Waals surface area contributed by atoms with Gasteiger partial charge >= 0.3 is 0 Å². The monoisotopic (exact) mass is 372 g/mol. The molecule has 1 saturated heterocycles. The summed E-state index contributed by atoms with van der Waals surface area (Å²) in [6.07, 6.45) is 0.244. The molecule has 0 radical (unpaired) electrons. The average molecular weight is 373 g/mol. The maximum atomic E-state index is 12.4. The number of aryl methyl sites for hydroxylation is 1. The lowest BCUT2D eigenvalue weighted by atomic mass is 10.1. The number of carbonyl (C=O) groups is 2. The molecule has 1 heterocycles. The molecular weight excluding hydrogens is 356 g/mol. The largest absolute Gasteiger partial charge is 0.326 e. The Kier molecular flexibility index (Phi) is 4.48. The highest BCUT2D eigenvalue weighted by Crippen LogP contribution is 2.28. The van der Waals surface area contributed by atoms with Gasteiger partial charge in [0.25, 0.3) is 0 Å². The molecule has 1 aliphatic heterocycles. The van der Waals surface area contributed by atoms with Crippen LogP contribution in [0.3, 0.4) is 0 Å². The quantitative estimate of drug-likeness (QED) is 0.891. The van der Waals surface area contributed by atoms with E-state index in [2.05, 4.69) is 21.2 Å². The van der Waals surface area contributed by atoms with Gasteiger partial charge in [-0.25, -0.2) is 0 Å². The van der Waals surface area contributed by atoms with Gasteiger partial charge in [-0.2, -0.15) is 0 Å². The summed E-state index contributed by atoms with van der Waals surface area (Å²) in [5, 5.41) is 2.88. The van der Waals surface area contributed by atoms with Crippen LogP contribution >= 0.6 is 15.9 Å². The SMILES string of the molecule is Cc1ccccc1N1C[C@@H](C(=O)Nc2cccc(Br)c2)CC1=O. The lowest BCUT2D eigenvalue weighted by Gasteiger charge is -2.19. The van der Waals surface area contributed by atoms with E-state index in [-0.39, 0.29) is 24.2 Å². The first kappa shape index (κ1) is 15.7. The lowest BCUT2D eigenvalue weighted by molar-refractivity contribution is -0.122. The van der Waals surface area contributed by atoms with Gasteiger partial charge in [0, 0.05) is 28.8 Å². The number of carbonyl (C=O) groups excluding carboxylic acids is 2. The lowest BCUT2D eigenvalue weighted by Crippen LogP contribution is -2.28. The Bertz CT molecular complexity index is 760. The van der Waals surface area contributed by atoms with E-state index in [1.54, 1.807) is 4.90 Å². The molecule has 23 heavy (non-hydrogen) atoms. The van der Waals surface area contributed by atoms with Crippen molar-refractivity contribution < 1.29 is 9.59 Å². The molecule has 118 valence electrons. The number of halogens is 1. The van der Waals surface area contributed by atoms with Crippen molar-refractivity contribution in [3.05, 3.63) is 58.6 Å². The van der Waals surface area contributed by atoms with Crippen molar-refractivity contribution in [3.8, 4) is 0 Å². The zero-order valence-corrected chi connectivity index (χ0v) is 14.3. The van der Waals surface area contributed by atoms with Crippen LogP contribution in [0.2, 0.25) is 0 Å². The molecule has 0 bridgehead atoms. The van der Waals surface area contributed by atoms with E-state index in [4.69, 9.17) is 0 Å². The van der Waals surface area contributed by atoms with Crippen LogP contribution in [0.4, 0.5) is 11.4 Å². The summed E-state index contributed by atoms with van der Waals surface area (Å²) in [5.74, 6) is -0.456. The fourth-order valence-corrected chi connectivity index (χ4v) is 3.19. The van der Waals surface area contributed by atoms with Gasteiger partial charge in [0.2, 0.25) is 11.8 Å². The molecule has 1 atom stereocenters. The maximum absolute atomic E-state index is 12.4. The summed E-state index contributed by atoms with van der Waals surface area (Å²) in [5.41, 5.74) is 2.65. The van der Waals surface area contributed by atoms with Gasteiger partial charge in [-0.15, -0.1) is 0 Å². The average Bonchev–Trinajstić information content (AvgIpc) is 2.90. The van der Waals surface area contributed by atoms with Gasteiger partial charge in [0.15, 0.2) is 0 Å². The summed E-state index contributed by atoms with van der Waals surface area (Å²) in [6, 6.07) is 15.2. The highest BCUT2D eigenvalue weighted by molar-refractivity contribution is 9.10. The number of anilines is 2. The molecule has 1 N–H and O–H groups in total. The van der Waals surface area contributed by atoms with Gasteiger partial charge in [-0.3, -0.25) is 9.59 Å². The van der Waals surface area contributed by atoms with E-state index in [0.29, 0.717) is 6.54 Å². The number of rotatable bonds is 3. The minimum absolute atomic E-state index is 0.00584. The molecule has 0 aliphatic carbocycles. The van der Waals surface area contributed by atoms with Crippen LogP contribution < -0.4 is 10.2 Å². The molecule has 2 amide bonds. The Morgan fingerprint density at radius 2 is 2.00 bits per heavy atom. The predicted octanol–water partition coefficient (Wildman–Crippen LogP) is 3.75. The number of hydrogen-bond donors (Lipinski definition) is 1. The number of benzene rings is 2. The second-order valence-electron chi connectivity index (χ2n) is 5.69. The normalized spacial score (nSPS) is 17.4. The van der Waals surface area contributed by atoms with Crippen molar-refractivity contribution >= 4 is 39.1 Å². The summed E-state index contributed by atoms with van der Waals surface area (Å²) < 4.78 is 0.902. The summed E-state index contributed by atoms with van der Waals surface area (Å²) in [7, 11) is 0. The van der Waals surface area contributed by atoms with E-state index in [1.165, 1.54) is 0 Å². The Morgan fingerprint density at radius 3 is 2.74 bits per heavy atom. The van der Waals surface area contributed by atoms with E-state index in [1.807, 2.05) is 55.5 Å². The van der Waals surface area contributed by atoms with Gasteiger partial charge < -0.3 is 10.2 Å². The third-order valence-corrected chi connectivity index (χ3v) is 4.49. The standard InChI is InChI=1S/C18H17BrN2O2/c1-12-5-2-3-8-16(12)21-11-13(9-17(21)22)18(23)20-15-7-4-6-14(19)10-15/h2-8,10,13H,9,11H2,1H3,(H,20,23)/t13-/m0/s1. The van der Waals surface area contributed by atoms with Crippen molar-refractivity contribution in [2.45, 2.75) is 13.3 Å². The first-order chi connectivity index (χ1) is 11.0. The van der Waals surface area contributed by atoms with E-state index in [0.717, 1.165) is 21.4 Å². The van der Waals surface area contributed by atoms with E-state index >= 15 is 0 Å². The third kappa shape index (κ3) is 3.45. The van der Waals surface area contributed by atoms with Crippen molar-refractivity contribution in [2.24, 2.45) is 5.92 Å². The molecule has 0 saturated carbocycles. The maximum Gasteiger partial charge on any atom is 0.229 e. The van der Waals surface area contributed by atoms with Crippen molar-refractivity contribution in [1.82, 2.24) is 0 Å². The highest BCUT2D eigenvalue weighted by atomic mass is 79.9. The smallest absolute Gasteiger partial charge is 0.229 e. The topological polar surface area (TPSA) is 49.4 Å². The highest BCUT2D eigenvalue weighted by Gasteiger charge is 2.35. The van der Waals surface area contributed by atoms with Crippen LogP contribution in [-0.2, 0) is 9.59 Å². The van der Waals surface area contributed by atoms with Crippen LogP contribution in [0.5, 0.6) is 0 Å². The van der Waals surface area contributed by atoms with Crippen LogP contribution in [0, 0.1) is 12.8 Å². The Labute approximate surface area is 143 Å². The zero-order chi connectivity index (χ0) is 16.4. The van der Waals surface area contributed by atoms with Crippen molar-refractivity contribution in [2.75, 3.05) is 16.8 Å². The van der Waals surface area contributed by atoms with Crippen LogP contribution in [0.15, 0.2) is 53.0 Å². The second kappa shape index (κ2) is 6.54. The van der Waals surface area contributed by atoms with Crippen LogP contribution in [-0.4, -0.2) is 18.4 Å². The number of para-hydroxylation sites is 1. The summed E-state index contributed by atoms with van der Waals surface area (Å²) >= 11 is 3.38. The molecular formula is C18H17BrN2O2. The van der Waals surface area contributed by atoms with Gasteiger partial charge in [-0.05, 0) is 36.8 Å². The molecule has 2 aromatic carbocycles. The molecule has 4 nitrogen and oxygen atoms in total. The fourth-order valence-electron chi connectivity index (χ4n) is 2.79. The molecule has 1 fully saturated rings.